The summed E-state index contributed by atoms with van der Waals surface area (Å²) in [7, 11) is 0. The molecule has 0 aliphatic rings. The summed E-state index contributed by atoms with van der Waals surface area (Å²) in [5.74, 6) is 0.909. The quantitative estimate of drug-likeness (QED) is 0.751. The van der Waals surface area contributed by atoms with Gasteiger partial charge in [0.2, 0.25) is 0 Å². The van der Waals surface area contributed by atoms with Crippen molar-refractivity contribution in [3.8, 4) is 11.5 Å². The third-order valence-corrected chi connectivity index (χ3v) is 3.10. The van der Waals surface area contributed by atoms with Crippen LogP contribution in [0.3, 0.4) is 0 Å². The first-order valence-electron chi connectivity index (χ1n) is 7.41. The maximum Gasteiger partial charge on any atom is 0.313 e. The number of benzene rings is 2. The van der Waals surface area contributed by atoms with E-state index < -0.39 is 5.60 Å². The number of esters is 1. The van der Waals surface area contributed by atoms with Crippen LogP contribution in [0.1, 0.15) is 39.2 Å². The van der Waals surface area contributed by atoms with E-state index in [1.807, 2.05) is 82.3 Å². The average molecular weight is 298 g/mol. The first-order valence-corrected chi connectivity index (χ1v) is 7.41. The van der Waals surface area contributed by atoms with Crippen molar-refractivity contribution in [2.45, 2.75) is 39.2 Å². The molecule has 2 aromatic carbocycles. The molecular formula is C19H22O3. The minimum Gasteiger partial charge on any atom is -0.460 e. The van der Waals surface area contributed by atoms with Crippen molar-refractivity contribution >= 4 is 5.97 Å². The topological polar surface area (TPSA) is 35.5 Å². The summed E-state index contributed by atoms with van der Waals surface area (Å²) < 4.78 is 11.2. The fourth-order valence-electron chi connectivity index (χ4n) is 2.00. The van der Waals surface area contributed by atoms with Crippen molar-refractivity contribution in [2.24, 2.45) is 0 Å². The smallest absolute Gasteiger partial charge is 0.313 e. The molecule has 0 N–H and O–H groups in total. The highest BCUT2D eigenvalue weighted by atomic mass is 16.6. The normalized spacial score (nSPS) is 12.5. The van der Waals surface area contributed by atoms with Crippen LogP contribution in [0.25, 0.3) is 0 Å². The average Bonchev–Trinajstić information content (AvgIpc) is 2.46. The Morgan fingerprint density at radius 2 is 1.59 bits per heavy atom. The van der Waals surface area contributed by atoms with Crippen LogP contribution in [0.5, 0.6) is 11.5 Å². The monoisotopic (exact) mass is 298 g/mol. The van der Waals surface area contributed by atoms with Gasteiger partial charge in [-0.05, 0) is 57.5 Å². The van der Waals surface area contributed by atoms with Crippen LogP contribution >= 0.6 is 0 Å². The van der Waals surface area contributed by atoms with Gasteiger partial charge >= 0.3 is 5.97 Å². The second kappa shape index (κ2) is 6.65. The van der Waals surface area contributed by atoms with Gasteiger partial charge in [0.05, 0.1) is 5.92 Å². The van der Waals surface area contributed by atoms with Gasteiger partial charge in [0.1, 0.15) is 17.1 Å². The second-order valence-corrected chi connectivity index (χ2v) is 6.24. The van der Waals surface area contributed by atoms with Crippen LogP contribution < -0.4 is 4.74 Å². The lowest BCUT2D eigenvalue weighted by Crippen LogP contribution is -2.26. The van der Waals surface area contributed by atoms with Gasteiger partial charge in [-0.2, -0.15) is 0 Å². The van der Waals surface area contributed by atoms with Gasteiger partial charge < -0.3 is 9.47 Å². The number of hydrogen-bond acceptors (Lipinski definition) is 3. The molecule has 3 heteroatoms. The Labute approximate surface area is 131 Å². The molecule has 3 nitrogen and oxygen atoms in total. The number of para-hydroxylation sites is 1. The number of carbonyl (C=O) groups is 1. The molecule has 0 aromatic heterocycles. The second-order valence-electron chi connectivity index (χ2n) is 6.24. The Bertz CT molecular complexity index is 627. The maximum absolute atomic E-state index is 12.2. The van der Waals surface area contributed by atoms with E-state index in [2.05, 4.69) is 0 Å². The van der Waals surface area contributed by atoms with Crippen molar-refractivity contribution in [2.75, 3.05) is 0 Å². The van der Waals surface area contributed by atoms with Crippen LogP contribution in [0.4, 0.5) is 0 Å². The van der Waals surface area contributed by atoms with Crippen LogP contribution in [0, 0.1) is 0 Å². The minimum atomic E-state index is -0.483. The molecule has 116 valence electrons. The van der Waals surface area contributed by atoms with Gasteiger partial charge in [0.25, 0.3) is 0 Å². The summed E-state index contributed by atoms with van der Waals surface area (Å²) >= 11 is 0. The van der Waals surface area contributed by atoms with Crippen molar-refractivity contribution in [3.05, 3.63) is 60.2 Å². The van der Waals surface area contributed by atoms with E-state index >= 15 is 0 Å². The molecule has 0 fully saturated rings. The zero-order chi connectivity index (χ0) is 16.2. The predicted molar refractivity (Wildman–Crippen MR) is 87.2 cm³/mol. The molecule has 2 rings (SSSR count). The Morgan fingerprint density at radius 3 is 2.23 bits per heavy atom. The lowest BCUT2D eigenvalue weighted by atomic mass is 10.0. The van der Waals surface area contributed by atoms with E-state index in [1.165, 1.54) is 0 Å². The molecule has 0 aliphatic carbocycles. The number of rotatable bonds is 4. The molecule has 2 aromatic rings. The highest BCUT2D eigenvalue weighted by Crippen LogP contribution is 2.26. The minimum absolute atomic E-state index is 0.232. The molecule has 0 unspecified atom stereocenters. The maximum atomic E-state index is 12.2. The van der Waals surface area contributed by atoms with E-state index in [4.69, 9.17) is 9.47 Å². The molecule has 0 radical (unpaired) electrons. The van der Waals surface area contributed by atoms with E-state index in [0.29, 0.717) is 5.75 Å². The molecule has 22 heavy (non-hydrogen) atoms. The Hall–Kier alpha value is -2.29. The largest absolute Gasteiger partial charge is 0.460 e. The standard InChI is InChI=1S/C19H22O3/c1-14(18(20)22-19(2,3)4)15-9-8-12-17(13-15)21-16-10-6-5-7-11-16/h5-14H,1-4H3/t14-/m0/s1. The fraction of sp³-hybridized carbons (Fsp3) is 0.316. The van der Waals surface area contributed by atoms with E-state index in [0.717, 1.165) is 11.3 Å². The molecule has 0 amide bonds. The number of carbonyl (C=O) groups excluding carboxylic acids is 1. The van der Waals surface area contributed by atoms with Crippen LogP contribution in [0.2, 0.25) is 0 Å². The zero-order valence-corrected chi connectivity index (χ0v) is 13.5. The van der Waals surface area contributed by atoms with Gasteiger partial charge in [-0.15, -0.1) is 0 Å². The third-order valence-electron chi connectivity index (χ3n) is 3.10. The first kappa shape index (κ1) is 16.1. The molecule has 0 saturated heterocycles. The van der Waals surface area contributed by atoms with Gasteiger partial charge in [-0.1, -0.05) is 30.3 Å². The molecule has 0 spiro atoms. The van der Waals surface area contributed by atoms with Crippen molar-refractivity contribution in [1.82, 2.24) is 0 Å². The Morgan fingerprint density at radius 1 is 0.955 bits per heavy atom. The molecule has 0 bridgehead atoms. The van der Waals surface area contributed by atoms with E-state index in [1.54, 1.807) is 0 Å². The highest BCUT2D eigenvalue weighted by Gasteiger charge is 2.23. The van der Waals surface area contributed by atoms with Crippen molar-refractivity contribution < 1.29 is 14.3 Å². The number of ether oxygens (including phenoxy) is 2. The lowest BCUT2D eigenvalue weighted by Gasteiger charge is -2.22. The van der Waals surface area contributed by atoms with E-state index in [9.17, 15) is 4.79 Å². The SMILES string of the molecule is C[C@H](C(=O)OC(C)(C)C)c1cccc(Oc2ccccc2)c1. The van der Waals surface area contributed by atoms with Gasteiger partial charge in [0.15, 0.2) is 0 Å². The van der Waals surface area contributed by atoms with Crippen molar-refractivity contribution in [1.29, 1.82) is 0 Å². The highest BCUT2D eigenvalue weighted by molar-refractivity contribution is 5.78. The first-order chi connectivity index (χ1) is 10.3. The zero-order valence-electron chi connectivity index (χ0n) is 13.5. The summed E-state index contributed by atoms with van der Waals surface area (Å²) in [6.07, 6.45) is 0. The molecular weight excluding hydrogens is 276 g/mol. The van der Waals surface area contributed by atoms with E-state index in [-0.39, 0.29) is 11.9 Å². The summed E-state index contributed by atoms with van der Waals surface area (Å²) in [5, 5.41) is 0. The number of hydrogen-bond donors (Lipinski definition) is 0. The Kier molecular flexibility index (Phi) is 4.86. The third kappa shape index (κ3) is 4.62. The fourth-order valence-corrected chi connectivity index (χ4v) is 2.00. The van der Waals surface area contributed by atoms with Crippen LogP contribution in [-0.2, 0) is 9.53 Å². The Balaban J connectivity index is 2.12. The lowest BCUT2D eigenvalue weighted by molar-refractivity contribution is -0.156. The van der Waals surface area contributed by atoms with Gasteiger partial charge in [0, 0.05) is 0 Å². The summed E-state index contributed by atoms with van der Waals surface area (Å²) in [6, 6.07) is 17.1. The van der Waals surface area contributed by atoms with Crippen molar-refractivity contribution in [3.63, 3.8) is 0 Å². The molecule has 0 saturated carbocycles. The van der Waals surface area contributed by atoms with Gasteiger partial charge in [-0.3, -0.25) is 4.79 Å². The van der Waals surface area contributed by atoms with Gasteiger partial charge in [-0.25, -0.2) is 0 Å². The van der Waals surface area contributed by atoms with Crippen LogP contribution in [-0.4, -0.2) is 11.6 Å². The summed E-state index contributed by atoms with van der Waals surface area (Å²) in [6.45, 7) is 7.45. The molecule has 1 atom stereocenters. The van der Waals surface area contributed by atoms with Crippen LogP contribution in [0.15, 0.2) is 54.6 Å². The predicted octanol–water partition coefficient (Wildman–Crippen LogP) is 4.92. The molecule has 0 heterocycles. The molecule has 0 aliphatic heterocycles. The summed E-state index contributed by atoms with van der Waals surface area (Å²) in [4.78, 5) is 12.2. The summed E-state index contributed by atoms with van der Waals surface area (Å²) in [5.41, 5.74) is 0.395.